The monoisotopic (exact) mass is 348 g/mol. The lowest BCUT2D eigenvalue weighted by atomic mass is 10.1. The highest BCUT2D eigenvalue weighted by molar-refractivity contribution is 6.31. The zero-order valence-electron chi connectivity index (χ0n) is 14.4. The number of hydrogen-bond donors (Lipinski definition) is 2. The summed E-state index contributed by atoms with van der Waals surface area (Å²) in [5.41, 5.74) is 0.603. The summed E-state index contributed by atoms with van der Waals surface area (Å²) in [5.74, 6) is 1.34. The topological polar surface area (TPSA) is 76.1 Å². The molecule has 1 heterocycles. The highest BCUT2D eigenvalue weighted by Crippen LogP contribution is 2.30. The van der Waals surface area contributed by atoms with Gasteiger partial charge in [0.05, 0.1) is 12.8 Å². The molecular formula is C17H21ClN4O2. The maximum Gasteiger partial charge on any atom is 0.270 e. The van der Waals surface area contributed by atoms with Crippen LogP contribution in [0.3, 0.4) is 0 Å². The molecule has 2 aromatic rings. The quantitative estimate of drug-likeness (QED) is 0.880. The fourth-order valence-electron chi connectivity index (χ4n) is 2.07. The minimum Gasteiger partial charge on any atom is -0.495 e. The third-order valence-corrected chi connectivity index (χ3v) is 3.22. The van der Waals surface area contributed by atoms with E-state index in [0.717, 1.165) is 0 Å². The first-order valence-corrected chi connectivity index (χ1v) is 7.84. The zero-order chi connectivity index (χ0) is 17.9. The van der Waals surface area contributed by atoms with Gasteiger partial charge in [0.15, 0.2) is 0 Å². The number of nitrogens with zero attached hydrogens (tertiary/aromatic N) is 2. The first-order chi connectivity index (χ1) is 11.2. The largest absolute Gasteiger partial charge is 0.495 e. The van der Waals surface area contributed by atoms with Gasteiger partial charge >= 0.3 is 0 Å². The third-order valence-electron chi connectivity index (χ3n) is 2.98. The predicted molar refractivity (Wildman–Crippen MR) is 95.3 cm³/mol. The van der Waals surface area contributed by atoms with Crippen LogP contribution in [-0.2, 0) is 0 Å². The van der Waals surface area contributed by atoms with Gasteiger partial charge in [0.2, 0.25) is 0 Å². The molecule has 0 radical (unpaired) electrons. The first kappa shape index (κ1) is 18.0. The molecule has 0 spiro atoms. The average molecular weight is 349 g/mol. The Hall–Kier alpha value is -2.34. The van der Waals surface area contributed by atoms with Gasteiger partial charge in [0.25, 0.3) is 5.91 Å². The zero-order valence-corrected chi connectivity index (χ0v) is 15.2. The molecule has 2 rings (SSSR count). The SMILES string of the molecule is COc1ccc(Cl)cc1Nc1cc(C(=O)NC(C)(C)C)nc(C)n1. The number of aryl methyl sites for hydroxylation is 1. The van der Waals surface area contributed by atoms with Crippen LogP contribution in [0.2, 0.25) is 5.02 Å². The van der Waals surface area contributed by atoms with Gasteiger partial charge in [-0.2, -0.15) is 0 Å². The van der Waals surface area contributed by atoms with Gasteiger partial charge in [0, 0.05) is 16.6 Å². The van der Waals surface area contributed by atoms with E-state index >= 15 is 0 Å². The van der Waals surface area contributed by atoms with Crippen molar-refractivity contribution < 1.29 is 9.53 Å². The van der Waals surface area contributed by atoms with Crippen molar-refractivity contribution in [1.29, 1.82) is 0 Å². The van der Waals surface area contributed by atoms with Crippen molar-refractivity contribution in [1.82, 2.24) is 15.3 Å². The fraction of sp³-hybridized carbons (Fsp3) is 0.353. The van der Waals surface area contributed by atoms with Gasteiger partial charge in [-0.15, -0.1) is 0 Å². The smallest absolute Gasteiger partial charge is 0.270 e. The summed E-state index contributed by atoms with van der Waals surface area (Å²) in [7, 11) is 1.57. The third kappa shape index (κ3) is 4.83. The van der Waals surface area contributed by atoms with E-state index < -0.39 is 0 Å². The molecule has 0 fully saturated rings. The lowest BCUT2D eigenvalue weighted by Gasteiger charge is -2.20. The number of amides is 1. The maximum atomic E-state index is 12.3. The Bertz CT molecular complexity index is 757. The van der Waals surface area contributed by atoms with Crippen molar-refractivity contribution in [3.8, 4) is 5.75 Å². The molecule has 0 atom stereocenters. The highest BCUT2D eigenvalue weighted by atomic mass is 35.5. The molecule has 7 heteroatoms. The number of nitrogens with one attached hydrogen (secondary N) is 2. The normalized spacial score (nSPS) is 11.1. The standard InChI is InChI=1S/C17H21ClN4O2/c1-10-19-13(16(23)22-17(2,3)4)9-15(20-10)21-12-8-11(18)6-7-14(12)24-5/h6-9H,1-5H3,(H,22,23)(H,19,20,21). The fourth-order valence-corrected chi connectivity index (χ4v) is 2.24. The lowest BCUT2D eigenvalue weighted by Crippen LogP contribution is -2.41. The molecular weight excluding hydrogens is 328 g/mol. The number of benzene rings is 1. The Morgan fingerprint density at radius 1 is 1.21 bits per heavy atom. The summed E-state index contributed by atoms with van der Waals surface area (Å²) < 4.78 is 5.30. The van der Waals surface area contributed by atoms with E-state index in [-0.39, 0.29) is 11.4 Å². The van der Waals surface area contributed by atoms with Gasteiger partial charge in [-0.05, 0) is 45.9 Å². The molecule has 0 unspecified atom stereocenters. The molecule has 24 heavy (non-hydrogen) atoms. The number of aromatic nitrogens is 2. The number of ether oxygens (including phenoxy) is 1. The van der Waals surface area contributed by atoms with Crippen LogP contribution in [0.4, 0.5) is 11.5 Å². The molecule has 1 amide bonds. The van der Waals surface area contributed by atoms with E-state index in [1.807, 2.05) is 20.8 Å². The number of hydrogen-bond acceptors (Lipinski definition) is 5. The van der Waals surface area contributed by atoms with Crippen LogP contribution in [0.5, 0.6) is 5.75 Å². The van der Waals surface area contributed by atoms with Gasteiger partial charge < -0.3 is 15.4 Å². The number of carbonyl (C=O) groups is 1. The van der Waals surface area contributed by atoms with Gasteiger partial charge in [-0.1, -0.05) is 11.6 Å². The van der Waals surface area contributed by atoms with Crippen molar-refractivity contribution in [3.05, 3.63) is 40.8 Å². The van der Waals surface area contributed by atoms with E-state index in [1.165, 1.54) is 0 Å². The Labute approximate surface area is 146 Å². The van der Waals surface area contributed by atoms with Crippen molar-refractivity contribution in [2.75, 3.05) is 12.4 Å². The Morgan fingerprint density at radius 2 is 1.92 bits per heavy atom. The summed E-state index contributed by atoms with van der Waals surface area (Å²) in [4.78, 5) is 20.8. The molecule has 0 bridgehead atoms. The molecule has 1 aromatic heterocycles. The van der Waals surface area contributed by atoms with Crippen molar-refractivity contribution in [3.63, 3.8) is 0 Å². The second kappa shape index (κ2) is 7.05. The van der Waals surface area contributed by atoms with E-state index in [0.29, 0.717) is 33.8 Å². The van der Waals surface area contributed by atoms with Crippen LogP contribution in [0.15, 0.2) is 24.3 Å². The number of methoxy groups -OCH3 is 1. The minimum absolute atomic E-state index is 0.255. The van der Waals surface area contributed by atoms with E-state index in [9.17, 15) is 4.79 Å². The Morgan fingerprint density at radius 3 is 2.54 bits per heavy atom. The molecule has 1 aromatic carbocycles. The maximum absolute atomic E-state index is 12.3. The molecule has 0 aliphatic carbocycles. The molecule has 0 saturated heterocycles. The van der Waals surface area contributed by atoms with Crippen molar-refractivity contribution >= 4 is 29.0 Å². The van der Waals surface area contributed by atoms with Crippen molar-refractivity contribution in [2.24, 2.45) is 0 Å². The van der Waals surface area contributed by atoms with Crippen LogP contribution in [0, 0.1) is 6.92 Å². The number of carbonyl (C=O) groups excluding carboxylic acids is 1. The number of rotatable bonds is 4. The molecule has 0 saturated carbocycles. The summed E-state index contributed by atoms with van der Waals surface area (Å²) >= 11 is 6.03. The Kier molecular flexibility index (Phi) is 5.29. The summed E-state index contributed by atoms with van der Waals surface area (Å²) in [6, 6.07) is 6.81. The summed E-state index contributed by atoms with van der Waals surface area (Å²) in [6.07, 6.45) is 0. The van der Waals surface area contributed by atoms with Gasteiger partial charge in [-0.25, -0.2) is 9.97 Å². The molecule has 0 aliphatic rings. The second-order valence-electron chi connectivity index (χ2n) is 6.36. The van der Waals surface area contributed by atoms with Gasteiger partial charge in [-0.3, -0.25) is 4.79 Å². The second-order valence-corrected chi connectivity index (χ2v) is 6.80. The minimum atomic E-state index is -0.348. The molecule has 2 N–H and O–H groups in total. The van der Waals surface area contributed by atoms with Crippen molar-refractivity contribution in [2.45, 2.75) is 33.2 Å². The molecule has 128 valence electrons. The first-order valence-electron chi connectivity index (χ1n) is 7.47. The Balaban J connectivity index is 2.32. The summed E-state index contributed by atoms with van der Waals surface area (Å²) in [6.45, 7) is 7.47. The predicted octanol–water partition coefficient (Wildman–Crippen LogP) is 3.72. The molecule has 6 nitrogen and oxygen atoms in total. The van der Waals surface area contributed by atoms with Crippen LogP contribution in [0.25, 0.3) is 0 Å². The van der Waals surface area contributed by atoms with Crippen LogP contribution in [0.1, 0.15) is 37.1 Å². The van der Waals surface area contributed by atoms with Gasteiger partial charge in [0.1, 0.15) is 23.1 Å². The number of anilines is 2. The number of halogens is 1. The van der Waals surface area contributed by atoms with Crippen LogP contribution >= 0.6 is 11.6 Å². The lowest BCUT2D eigenvalue weighted by molar-refractivity contribution is 0.0914. The average Bonchev–Trinajstić information content (AvgIpc) is 2.45. The molecule has 0 aliphatic heterocycles. The van der Waals surface area contributed by atoms with E-state index in [2.05, 4.69) is 20.6 Å². The van der Waals surface area contributed by atoms with E-state index in [1.54, 1.807) is 38.3 Å². The van der Waals surface area contributed by atoms with E-state index in [4.69, 9.17) is 16.3 Å². The van der Waals surface area contributed by atoms with Crippen LogP contribution in [-0.4, -0.2) is 28.5 Å². The summed E-state index contributed by atoms with van der Waals surface area (Å²) in [5, 5.41) is 6.57. The highest BCUT2D eigenvalue weighted by Gasteiger charge is 2.18. The van der Waals surface area contributed by atoms with Crippen LogP contribution < -0.4 is 15.4 Å².